The number of fused-ring (bicyclic) bond motifs is 3. The maximum absolute atomic E-state index is 14.9. The molecule has 1 fully saturated rings. The molecule has 2 N–H and O–H groups in total. The lowest BCUT2D eigenvalue weighted by Gasteiger charge is -2.36. The average Bonchev–Trinajstić information content (AvgIpc) is 3.75. The van der Waals surface area contributed by atoms with Crippen LogP contribution in [0.1, 0.15) is 10.4 Å². The molecular formula is C28H33F2N11O2. The molecule has 43 heavy (non-hydrogen) atoms. The van der Waals surface area contributed by atoms with E-state index in [2.05, 4.69) is 25.0 Å². The zero-order valence-corrected chi connectivity index (χ0v) is 24.2. The second-order valence-corrected chi connectivity index (χ2v) is 10.9. The van der Waals surface area contributed by atoms with Crippen molar-refractivity contribution in [3.05, 3.63) is 54.1 Å². The molecule has 0 bridgehead atoms. The highest BCUT2D eigenvalue weighted by Crippen LogP contribution is 2.26. The number of piperazine rings is 1. The summed E-state index contributed by atoms with van der Waals surface area (Å²) >= 11 is 0. The molecule has 4 aromatic heterocycles. The Hall–Kier alpha value is -4.63. The van der Waals surface area contributed by atoms with E-state index in [-0.39, 0.29) is 17.2 Å². The quantitative estimate of drug-likeness (QED) is 0.271. The third-order valence-electron chi connectivity index (χ3n) is 7.67. The summed E-state index contributed by atoms with van der Waals surface area (Å²) in [5, 5.41) is 4.41. The minimum Gasteiger partial charge on any atom is -0.461 e. The first-order valence-electron chi connectivity index (χ1n) is 14.0. The third-order valence-corrected chi connectivity index (χ3v) is 7.67. The molecule has 0 aliphatic carbocycles. The first kappa shape index (κ1) is 28.5. The van der Waals surface area contributed by atoms with Crippen LogP contribution in [0.3, 0.4) is 0 Å². The Balaban J connectivity index is 1.11. The van der Waals surface area contributed by atoms with Crippen molar-refractivity contribution in [3.8, 4) is 11.6 Å². The Morgan fingerprint density at radius 2 is 1.81 bits per heavy atom. The lowest BCUT2D eigenvalue weighted by molar-refractivity contribution is 0.0781. The summed E-state index contributed by atoms with van der Waals surface area (Å²) in [6.07, 6.45) is 3.26. The van der Waals surface area contributed by atoms with Gasteiger partial charge in [0.1, 0.15) is 11.6 Å². The van der Waals surface area contributed by atoms with E-state index in [1.54, 1.807) is 31.8 Å². The van der Waals surface area contributed by atoms with Crippen molar-refractivity contribution in [2.24, 2.45) is 0 Å². The molecule has 0 radical (unpaired) electrons. The van der Waals surface area contributed by atoms with Crippen molar-refractivity contribution in [1.82, 2.24) is 43.8 Å². The number of amides is 1. The fourth-order valence-corrected chi connectivity index (χ4v) is 5.17. The van der Waals surface area contributed by atoms with Gasteiger partial charge in [-0.05, 0) is 32.3 Å². The van der Waals surface area contributed by atoms with Crippen molar-refractivity contribution < 1.29 is 18.0 Å². The second-order valence-electron chi connectivity index (χ2n) is 10.9. The van der Waals surface area contributed by atoms with Crippen LogP contribution in [0, 0.1) is 11.6 Å². The van der Waals surface area contributed by atoms with Gasteiger partial charge >= 0.3 is 0 Å². The molecule has 1 aliphatic rings. The normalized spacial score (nSPS) is 14.4. The fourth-order valence-electron chi connectivity index (χ4n) is 5.17. The number of nitrogen functional groups attached to an aromatic ring is 1. The lowest BCUT2D eigenvalue weighted by atomic mass is 10.1. The fraction of sp³-hybridized carbons (Fsp3) is 0.393. The Morgan fingerprint density at radius 3 is 2.53 bits per heavy atom. The molecule has 13 nitrogen and oxygen atoms in total. The van der Waals surface area contributed by atoms with Crippen LogP contribution in [-0.2, 0) is 6.54 Å². The smallest absolute Gasteiger partial charge is 0.256 e. The van der Waals surface area contributed by atoms with Crippen molar-refractivity contribution in [2.45, 2.75) is 6.54 Å². The Bertz CT molecular complexity index is 1760. The van der Waals surface area contributed by atoms with Gasteiger partial charge in [-0.1, -0.05) is 0 Å². The molecule has 0 atom stereocenters. The highest BCUT2D eigenvalue weighted by Gasteiger charge is 2.25. The molecule has 5 heterocycles. The van der Waals surface area contributed by atoms with Gasteiger partial charge in [0, 0.05) is 65.5 Å². The molecule has 15 heteroatoms. The predicted octanol–water partition coefficient (Wildman–Crippen LogP) is 2.05. The molecule has 226 valence electrons. The molecule has 1 saturated heterocycles. The number of likely N-dealkylation sites (N-methyl/N-ethyl adjacent to an activating group) is 2. The van der Waals surface area contributed by atoms with Gasteiger partial charge in [0.15, 0.2) is 22.6 Å². The summed E-state index contributed by atoms with van der Waals surface area (Å²) in [7, 11) is 5.41. The number of furan rings is 1. The number of hydrogen-bond donors (Lipinski definition) is 1. The maximum atomic E-state index is 14.9. The number of benzene rings is 1. The predicted molar refractivity (Wildman–Crippen MR) is 157 cm³/mol. The molecule has 1 aliphatic heterocycles. The summed E-state index contributed by atoms with van der Waals surface area (Å²) in [6.45, 7) is 4.73. The van der Waals surface area contributed by atoms with E-state index in [1.807, 2.05) is 28.5 Å². The van der Waals surface area contributed by atoms with Gasteiger partial charge in [0.05, 0.1) is 23.8 Å². The average molecular weight is 594 g/mol. The zero-order valence-electron chi connectivity index (χ0n) is 24.2. The Morgan fingerprint density at radius 1 is 1.02 bits per heavy atom. The van der Waals surface area contributed by atoms with Crippen molar-refractivity contribution in [2.75, 3.05) is 77.6 Å². The number of rotatable bonds is 9. The molecule has 1 amide bonds. The van der Waals surface area contributed by atoms with E-state index in [0.29, 0.717) is 80.8 Å². The number of aromatic nitrogens is 6. The summed E-state index contributed by atoms with van der Waals surface area (Å²) in [5.41, 5.74) is 7.98. The third kappa shape index (κ3) is 5.60. The Labute approximate surface area is 246 Å². The number of nitrogens with two attached hydrogens (primary N) is 1. The lowest BCUT2D eigenvalue weighted by Crippen LogP contribution is -2.47. The van der Waals surface area contributed by atoms with Crippen molar-refractivity contribution in [3.63, 3.8) is 0 Å². The second kappa shape index (κ2) is 11.6. The number of carbonyl (C=O) groups is 1. The SMILES string of the molecule is CN(C)CCN(C)C(=O)c1cc(N2CCN(CCn3cnc4c3nc(N)n3nc(-c5ccco5)nc43)CC2)c(F)cc1F. The van der Waals surface area contributed by atoms with E-state index < -0.39 is 17.5 Å². The monoisotopic (exact) mass is 593 g/mol. The van der Waals surface area contributed by atoms with Crippen LogP contribution in [0.25, 0.3) is 28.4 Å². The van der Waals surface area contributed by atoms with Gasteiger partial charge in [0.25, 0.3) is 5.91 Å². The highest BCUT2D eigenvalue weighted by atomic mass is 19.1. The molecule has 6 rings (SSSR count). The van der Waals surface area contributed by atoms with Crippen LogP contribution in [-0.4, -0.2) is 117 Å². The van der Waals surface area contributed by atoms with Crippen LogP contribution in [0.4, 0.5) is 20.4 Å². The highest BCUT2D eigenvalue weighted by molar-refractivity contribution is 5.95. The van der Waals surface area contributed by atoms with Crippen LogP contribution in [0.15, 0.2) is 41.3 Å². The maximum Gasteiger partial charge on any atom is 0.256 e. The zero-order chi connectivity index (χ0) is 30.2. The number of hydrogen-bond acceptors (Lipinski definition) is 10. The van der Waals surface area contributed by atoms with Crippen LogP contribution in [0.2, 0.25) is 0 Å². The molecule has 1 aromatic carbocycles. The van der Waals surface area contributed by atoms with E-state index in [1.165, 1.54) is 15.5 Å². The van der Waals surface area contributed by atoms with Gasteiger partial charge in [-0.2, -0.15) is 9.50 Å². The number of anilines is 2. The van der Waals surface area contributed by atoms with Crippen molar-refractivity contribution in [1.29, 1.82) is 0 Å². The van der Waals surface area contributed by atoms with Gasteiger partial charge in [0.2, 0.25) is 11.8 Å². The first-order valence-corrected chi connectivity index (χ1v) is 14.0. The topological polar surface area (TPSA) is 130 Å². The minimum atomic E-state index is -0.857. The Kier molecular flexibility index (Phi) is 7.66. The van der Waals surface area contributed by atoms with E-state index in [9.17, 15) is 13.6 Å². The minimum absolute atomic E-state index is 0.128. The number of carbonyl (C=O) groups excluding carboxylic acids is 1. The molecule has 0 unspecified atom stereocenters. The van der Waals surface area contributed by atoms with E-state index in [0.717, 1.165) is 6.07 Å². The van der Waals surface area contributed by atoms with E-state index >= 15 is 0 Å². The number of imidazole rings is 1. The van der Waals surface area contributed by atoms with Gasteiger partial charge in [-0.15, -0.1) is 5.10 Å². The van der Waals surface area contributed by atoms with E-state index in [4.69, 9.17) is 10.2 Å². The van der Waals surface area contributed by atoms with Gasteiger partial charge in [-0.3, -0.25) is 9.69 Å². The summed E-state index contributed by atoms with van der Waals surface area (Å²) < 4.78 is 38.3. The van der Waals surface area contributed by atoms with Gasteiger partial charge in [-0.25, -0.2) is 18.7 Å². The standard InChI is InChI=1S/C28H33F2N11O2/c1-36(2)6-7-37(3)27(42)18-15-21(20(30)16-19(18)29)39-11-8-38(9-12-39)10-13-40-17-32-23-25(40)34-28(31)41-26(23)33-24(35-41)22-5-4-14-43-22/h4-5,14-17H,6-13H2,1-3H3,(H2,31,34). The molecular weight excluding hydrogens is 560 g/mol. The van der Waals surface area contributed by atoms with Crippen molar-refractivity contribution >= 4 is 34.4 Å². The van der Waals surface area contributed by atoms with Gasteiger partial charge < -0.3 is 29.4 Å². The first-order chi connectivity index (χ1) is 20.7. The number of nitrogens with zero attached hydrogens (tertiary/aromatic N) is 10. The van der Waals surface area contributed by atoms with Crippen LogP contribution in [0.5, 0.6) is 0 Å². The molecule has 5 aromatic rings. The van der Waals surface area contributed by atoms with Crippen LogP contribution < -0.4 is 10.6 Å². The summed E-state index contributed by atoms with van der Waals surface area (Å²) in [4.78, 5) is 34.0. The molecule has 0 spiro atoms. The summed E-state index contributed by atoms with van der Waals surface area (Å²) in [6, 6.07) is 5.67. The molecule has 0 saturated carbocycles. The summed E-state index contributed by atoms with van der Waals surface area (Å²) in [5.74, 6) is -0.909. The number of halogens is 2. The largest absolute Gasteiger partial charge is 0.461 e. The van der Waals surface area contributed by atoms with Crippen LogP contribution >= 0.6 is 0 Å².